The number of hydrogen-bond donors (Lipinski definition) is 2. The lowest BCUT2D eigenvalue weighted by Crippen LogP contribution is -2.27. The van der Waals surface area contributed by atoms with Crippen molar-refractivity contribution in [3.05, 3.63) is 23.5 Å². The third kappa shape index (κ3) is 8.54. The molecule has 178 valence electrons. The summed E-state index contributed by atoms with van der Waals surface area (Å²) in [6.07, 6.45) is 5.21. The minimum absolute atomic E-state index is 0.00592. The fraction of sp³-hybridized carbons (Fsp3) is 0.636. The lowest BCUT2D eigenvalue weighted by molar-refractivity contribution is -0.148. The van der Waals surface area contributed by atoms with Gasteiger partial charge in [0.25, 0.3) is 0 Å². The normalized spacial score (nSPS) is 18.5. The molecule has 0 aromatic carbocycles. The second kappa shape index (κ2) is 11.8. The van der Waals surface area contributed by atoms with Crippen molar-refractivity contribution < 1.29 is 28.7 Å². The Bertz CT molecular complexity index is 738. The number of carbonyl (C=O) groups excluding carboxylic acids is 4. The summed E-state index contributed by atoms with van der Waals surface area (Å²) in [7, 11) is 0. The van der Waals surface area contributed by atoms with Gasteiger partial charge >= 0.3 is 11.9 Å². The Kier molecular flexibility index (Phi) is 9.69. The predicted molar refractivity (Wildman–Crippen MR) is 126 cm³/mol. The van der Waals surface area contributed by atoms with Crippen LogP contribution in [0.4, 0.5) is 0 Å². The van der Waals surface area contributed by atoms with Gasteiger partial charge in [-0.1, -0.05) is 12.2 Å². The van der Waals surface area contributed by atoms with Crippen LogP contribution in [0, 0.1) is 10.8 Å². The number of rotatable bonds is 13. The Morgan fingerprint density at radius 1 is 0.781 bits per heavy atom. The number of ether oxygens (including phenoxy) is 2. The van der Waals surface area contributed by atoms with Crippen molar-refractivity contribution in [3.63, 3.8) is 0 Å². The minimum atomic E-state index is -0.475. The van der Waals surface area contributed by atoms with Crippen LogP contribution in [0.1, 0.15) is 40.5 Å². The van der Waals surface area contributed by atoms with Gasteiger partial charge in [0, 0.05) is 11.4 Å². The lowest BCUT2D eigenvalue weighted by Gasteiger charge is -2.09. The molecule has 32 heavy (non-hydrogen) atoms. The molecule has 0 radical (unpaired) electrons. The second-order valence-electron chi connectivity index (χ2n) is 8.74. The summed E-state index contributed by atoms with van der Waals surface area (Å²) in [5.74, 6) is 1.07. The molecular formula is C22H32N2O6S2. The summed E-state index contributed by atoms with van der Waals surface area (Å²) in [6.45, 7) is 7.50. The smallest absolute Gasteiger partial charge is 0.316 e. The van der Waals surface area contributed by atoms with Crippen LogP contribution in [0.3, 0.4) is 0 Å². The van der Waals surface area contributed by atoms with Crippen molar-refractivity contribution in [2.24, 2.45) is 10.8 Å². The summed E-state index contributed by atoms with van der Waals surface area (Å²) < 4.78 is 10.1. The fourth-order valence-corrected chi connectivity index (χ4v) is 4.54. The summed E-state index contributed by atoms with van der Waals surface area (Å²) in [6, 6.07) is 0. The van der Waals surface area contributed by atoms with E-state index in [9.17, 15) is 19.2 Å². The number of esters is 2. The molecule has 2 aliphatic rings. The van der Waals surface area contributed by atoms with E-state index >= 15 is 0 Å². The van der Waals surface area contributed by atoms with Gasteiger partial charge < -0.3 is 20.1 Å². The summed E-state index contributed by atoms with van der Waals surface area (Å²) in [5.41, 5.74) is 0.826. The summed E-state index contributed by atoms with van der Waals surface area (Å²) in [5, 5.41) is 5.69. The van der Waals surface area contributed by atoms with Crippen molar-refractivity contribution in [2.75, 3.05) is 36.2 Å². The molecule has 0 saturated carbocycles. The maximum Gasteiger partial charge on any atom is 0.316 e. The number of hydrogen-bond acceptors (Lipinski definition) is 8. The maximum absolute atomic E-state index is 11.7. The van der Waals surface area contributed by atoms with Gasteiger partial charge in [0.2, 0.25) is 11.8 Å². The monoisotopic (exact) mass is 484 g/mol. The molecule has 0 unspecified atom stereocenters. The molecule has 10 heteroatoms. The van der Waals surface area contributed by atoms with Crippen LogP contribution in [-0.2, 0) is 28.7 Å². The molecule has 2 amide bonds. The molecule has 0 fully saturated rings. The van der Waals surface area contributed by atoms with Gasteiger partial charge in [-0.25, -0.2) is 0 Å². The Hall–Kier alpha value is -1.94. The van der Waals surface area contributed by atoms with Gasteiger partial charge in [0.05, 0.1) is 22.3 Å². The van der Waals surface area contributed by atoms with E-state index in [1.807, 2.05) is 39.8 Å². The number of carbonyl (C=O) groups is 4. The SMILES string of the molecule is CC1(C)C=C(CCSCC(=O)OCCOC(=O)CSCCC2=CC(C)(C)C(=O)N2)NC1=O. The van der Waals surface area contributed by atoms with E-state index in [4.69, 9.17) is 9.47 Å². The van der Waals surface area contributed by atoms with E-state index in [2.05, 4.69) is 10.6 Å². The van der Waals surface area contributed by atoms with Crippen molar-refractivity contribution in [2.45, 2.75) is 40.5 Å². The largest absolute Gasteiger partial charge is 0.461 e. The molecule has 0 atom stereocenters. The highest BCUT2D eigenvalue weighted by Crippen LogP contribution is 2.27. The third-order valence-corrected chi connectivity index (χ3v) is 6.73. The molecule has 2 heterocycles. The average molecular weight is 485 g/mol. The fourth-order valence-electron chi connectivity index (χ4n) is 3.03. The van der Waals surface area contributed by atoms with Crippen LogP contribution in [0.5, 0.6) is 0 Å². The first-order valence-electron chi connectivity index (χ1n) is 10.5. The van der Waals surface area contributed by atoms with E-state index in [0.717, 1.165) is 11.4 Å². The standard InChI is InChI=1S/C22H32N2O6S2/c1-21(2)11-15(23-19(21)27)5-9-31-13-17(25)29-7-8-30-18(26)14-32-10-6-16-12-22(3,4)20(28)24-16/h11-12H,5-10,13-14H2,1-4H3,(H,23,27)(H,24,28). The van der Waals surface area contributed by atoms with Crippen LogP contribution in [0.25, 0.3) is 0 Å². The number of nitrogens with one attached hydrogen (secondary N) is 2. The molecule has 0 bridgehead atoms. The van der Waals surface area contributed by atoms with Crippen LogP contribution in [-0.4, -0.2) is 60.0 Å². The van der Waals surface area contributed by atoms with Crippen LogP contribution < -0.4 is 10.6 Å². The van der Waals surface area contributed by atoms with E-state index in [-0.39, 0.29) is 48.5 Å². The topological polar surface area (TPSA) is 111 Å². The minimum Gasteiger partial charge on any atom is -0.461 e. The quantitative estimate of drug-likeness (QED) is 0.303. The zero-order valence-corrected chi connectivity index (χ0v) is 20.7. The Labute approximate surface area is 197 Å². The molecule has 0 aliphatic carbocycles. The van der Waals surface area contributed by atoms with Crippen molar-refractivity contribution in [1.82, 2.24) is 10.6 Å². The molecule has 2 rings (SSSR count). The molecule has 0 aromatic rings. The van der Waals surface area contributed by atoms with E-state index in [1.54, 1.807) is 0 Å². The summed E-state index contributed by atoms with van der Waals surface area (Å²) in [4.78, 5) is 46.9. The maximum atomic E-state index is 11.7. The zero-order chi connectivity index (χ0) is 23.8. The summed E-state index contributed by atoms with van der Waals surface area (Å²) >= 11 is 2.86. The second-order valence-corrected chi connectivity index (χ2v) is 10.9. The average Bonchev–Trinajstić information content (AvgIpc) is 3.12. The van der Waals surface area contributed by atoms with Crippen molar-refractivity contribution >= 4 is 47.3 Å². The lowest BCUT2D eigenvalue weighted by atomic mass is 9.94. The van der Waals surface area contributed by atoms with Crippen LogP contribution in [0.2, 0.25) is 0 Å². The highest BCUT2D eigenvalue weighted by molar-refractivity contribution is 8.00. The van der Waals surface area contributed by atoms with Gasteiger partial charge in [-0.3, -0.25) is 19.2 Å². The van der Waals surface area contributed by atoms with Crippen LogP contribution >= 0.6 is 23.5 Å². The number of allylic oxidation sites excluding steroid dienone is 2. The molecule has 0 spiro atoms. The number of amides is 2. The van der Waals surface area contributed by atoms with Crippen molar-refractivity contribution in [3.8, 4) is 0 Å². The van der Waals surface area contributed by atoms with Gasteiger partial charge in [-0.15, -0.1) is 23.5 Å². The van der Waals surface area contributed by atoms with Gasteiger partial charge in [0.15, 0.2) is 0 Å². The molecule has 2 aliphatic heterocycles. The van der Waals surface area contributed by atoms with Gasteiger partial charge in [-0.05, 0) is 52.0 Å². The van der Waals surface area contributed by atoms with E-state index in [1.165, 1.54) is 23.5 Å². The molecule has 0 saturated heterocycles. The highest BCUT2D eigenvalue weighted by atomic mass is 32.2. The molecule has 8 nitrogen and oxygen atoms in total. The first kappa shape index (κ1) is 26.3. The first-order chi connectivity index (χ1) is 15.0. The number of thioether (sulfide) groups is 2. The third-order valence-electron chi connectivity index (χ3n) is 4.87. The first-order valence-corrected chi connectivity index (χ1v) is 12.8. The predicted octanol–water partition coefficient (Wildman–Crippen LogP) is 2.40. The molecular weight excluding hydrogens is 452 g/mol. The zero-order valence-electron chi connectivity index (χ0n) is 19.1. The van der Waals surface area contributed by atoms with Crippen LogP contribution in [0.15, 0.2) is 23.5 Å². The van der Waals surface area contributed by atoms with E-state index in [0.29, 0.717) is 24.3 Å². The van der Waals surface area contributed by atoms with Gasteiger partial charge in [0.1, 0.15) is 13.2 Å². The van der Waals surface area contributed by atoms with Gasteiger partial charge in [-0.2, -0.15) is 0 Å². The Morgan fingerprint density at radius 2 is 1.16 bits per heavy atom. The molecule has 0 aromatic heterocycles. The van der Waals surface area contributed by atoms with Crippen molar-refractivity contribution in [1.29, 1.82) is 0 Å². The Morgan fingerprint density at radius 3 is 1.47 bits per heavy atom. The van der Waals surface area contributed by atoms with E-state index < -0.39 is 10.8 Å². The highest BCUT2D eigenvalue weighted by Gasteiger charge is 2.32. The Balaban J connectivity index is 1.44. The molecule has 2 N–H and O–H groups in total.